The van der Waals surface area contributed by atoms with Crippen molar-refractivity contribution in [2.75, 3.05) is 24.6 Å². The highest BCUT2D eigenvalue weighted by Gasteiger charge is 2.31. The van der Waals surface area contributed by atoms with Crippen molar-refractivity contribution in [2.45, 2.75) is 25.0 Å². The predicted molar refractivity (Wildman–Crippen MR) is 72.4 cm³/mol. The Kier molecular flexibility index (Phi) is 3.57. The number of hydrogen-bond donors (Lipinski definition) is 1. The Morgan fingerprint density at radius 1 is 1.47 bits per heavy atom. The molecule has 1 unspecified atom stereocenters. The van der Waals surface area contributed by atoms with Gasteiger partial charge in [0.15, 0.2) is 6.10 Å². The van der Waals surface area contributed by atoms with Gasteiger partial charge in [0.25, 0.3) is 5.91 Å². The van der Waals surface area contributed by atoms with Crippen molar-refractivity contribution in [2.24, 2.45) is 0 Å². The quantitative estimate of drug-likeness (QED) is 0.905. The molecule has 2 heterocycles. The minimum atomic E-state index is -0.410. The molecule has 1 saturated carbocycles. The number of halogens is 1. The van der Waals surface area contributed by atoms with E-state index >= 15 is 0 Å². The highest BCUT2D eigenvalue weighted by atomic mass is 35.5. The van der Waals surface area contributed by atoms with Gasteiger partial charge in [0, 0.05) is 18.8 Å². The third-order valence-electron chi connectivity index (χ3n) is 3.32. The topological polar surface area (TPSA) is 54.5 Å². The number of rotatable bonds is 3. The molecule has 2 aliphatic rings. The summed E-state index contributed by atoms with van der Waals surface area (Å²) in [5.41, 5.74) is 0. The number of hydrogen-bond acceptors (Lipinski definition) is 4. The molecule has 1 N–H and O–H groups in total. The fourth-order valence-corrected chi connectivity index (χ4v) is 2.20. The number of ether oxygens (including phenoxy) is 1. The summed E-state index contributed by atoms with van der Waals surface area (Å²) < 4.78 is 5.54. The molecular weight excluding hydrogens is 266 g/mol. The van der Waals surface area contributed by atoms with Gasteiger partial charge in [-0.05, 0) is 25.0 Å². The molecule has 1 aliphatic carbocycles. The van der Waals surface area contributed by atoms with Crippen LogP contribution in [0.2, 0.25) is 5.02 Å². The van der Waals surface area contributed by atoms with Crippen molar-refractivity contribution >= 4 is 23.3 Å². The molecule has 3 rings (SSSR count). The molecule has 2 fully saturated rings. The van der Waals surface area contributed by atoms with Crippen LogP contribution in [0, 0.1) is 0 Å². The van der Waals surface area contributed by atoms with Crippen LogP contribution in [-0.4, -0.2) is 42.7 Å². The van der Waals surface area contributed by atoms with Crippen LogP contribution in [0.5, 0.6) is 0 Å². The van der Waals surface area contributed by atoms with Crippen LogP contribution in [0.25, 0.3) is 0 Å². The van der Waals surface area contributed by atoms with E-state index in [1.54, 1.807) is 12.3 Å². The minimum absolute atomic E-state index is 0.0128. The third-order valence-corrected chi connectivity index (χ3v) is 3.54. The summed E-state index contributed by atoms with van der Waals surface area (Å²) in [4.78, 5) is 18.3. The standard InChI is InChI=1S/C13H16ClN3O2/c14-9-1-4-12(15-7-9)17-5-6-19-11(8-17)13(18)16-10-2-3-10/h1,4,7,10-11H,2-3,5-6,8H2,(H,16,18). The number of pyridine rings is 1. The SMILES string of the molecule is O=C(NC1CC1)C1CN(c2ccc(Cl)cn2)CCO1. The van der Waals surface area contributed by atoms with Gasteiger partial charge in [-0.15, -0.1) is 0 Å². The minimum Gasteiger partial charge on any atom is -0.365 e. The molecule has 6 heteroatoms. The summed E-state index contributed by atoms with van der Waals surface area (Å²) in [5.74, 6) is 0.818. The first-order chi connectivity index (χ1) is 9.22. The van der Waals surface area contributed by atoms with Crippen molar-refractivity contribution in [3.05, 3.63) is 23.4 Å². The summed E-state index contributed by atoms with van der Waals surface area (Å²) in [7, 11) is 0. The summed E-state index contributed by atoms with van der Waals surface area (Å²) in [6, 6.07) is 4.03. The average Bonchev–Trinajstić information content (AvgIpc) is 3.24. The molecule has 0 bridgehead atoms. The van der Waals surface area contributed by atoms with Gasteiger partial charge >= 0.3 is 0 Å². The first-order valence-electron chi connectivity index (χ1n) is 6.51. The molecule has 1 aromatic heterocycles. The number of nitrogens with zero attached hydrogens (tertiary/aromatic N) is 2. The smallest absolute Gasteiger partial charge is 0.251 e. The van der Waals surface area contributed by atoms with Gasteiger partial charge in [-0.2, -0.15) is 0 Å². The second-order valence-corrected chi connectivity index (χ2v) is 5.36. The summed E-state index contributed by atoms with van der Waals surface area (Å²) in [6.45, 7) is 1.81. The van der Waals surface area contributed by atoms with Gasteiger partial charge in [0.2, 0.25) is 0 Å². The molecule has 1 amide bonds. The van der Waals surface area contributed by atoms with E-state index in [-0.39, 0.29) is 5.91 Å². The van der Waals surface area contributed by atoms with Crippen LogP contribution in [0.3, 0.4) is 0 Å². The molecule has 1 aromatic rings. The predicted octanol–water partition coefficient (Wildman–Crippen LogP) is 1.22. The van der Waals surface area contributed by atoms with Crippen molar-refractivity contribution < 1.29 is 9.53 Å². The zero-order valence-corrected chi connectivity index (χ0v) is 11.3. The highest BCUT2D eigenvalue weighted by Crippen LogP contribution is 2.20. The van der Waals surface area contributed by atoms with Gasteiger partial charge < -0.3 is 15.0 Å². The van der Waals surface area contributed by atoms with Crippen LogP contribution in [-0.2, 0) is 9.53 Å². The number of amides is 1. The molecule has 0 aromatic carbocycles. The zero-order chi connectivity index (χ0) is 13.2. The van der Waals surface area contributed by atoms with E-state index in [4.69, 9.17) is 16.3 Å². The lowest BCUT2D eigenvalue weighted by Crippen LogP contribution is -2.50. The Balaban J connectivity index is 1.63. The number of nitrogens with one attached hydrogen (secondary N) is 1. The molecule has 102 valence electrons. The molecule has 1 aliphatic heterocycles. The van der Waals surface area contributed by atoms with Crippen molar-refractivity contribution in [3.63, 3.8) is 0 Å². The molecule has 0 radical (unpaired) electrons. The zero-order valence-electron chi connectivity index (χ0n) is 10.5. The molecular formula is C13H16ClN3O2. The lowest BCUT2D eigenvalue weighted by molar-refractivity contribution is -0.133. The van der Waals surface area contributed by atoms with Crippen LogP contribution in [0.1, 0.15) is 12.8 Å². The number of carbonyl (C=O) groups excluding carboxylic acids is 1. The van der Waals surface area contributed by atoms with Gasteiger partial charge in [-0.25, -0.2) is 4.98 Å². The maximum Gasteiger partial charge on any atom is 0.251 e. The lowest BCUT2D eigenvalue weighted by Gasteiger charge is -2.33. The van der Waals surface area contributed by atoms with Crippen LogP contribution in [0.4, 0.5) is 5.82 Å². The Hall–Kier alpha value is -1.33. The fourth-order valence-electron chi connectivity index (χ4n) is 2.09. The van der Waals surface area contributed by atoms with Crippen LogP contribution in [0.15, 0.2) is 18.3 Å². The first kappa shape index (κ1) is 12.7. The normalized spacial score (nSPS) is 23.2. The van der Waals surface area contributed by atoms with E-state index in [1.165, 1.54) is 0 Å². The molecule has 1 atom stereocenters. The van der Waals surface area contributed by atoms with E-state index in [1.807, 2.05) is 6.07 Å². The van der Waals surface area contributed by atoms with Gasteiger partial charge in [-0.3, -0.25) is 4.79 Å². The number of carbonyl (C=O) groups is 1. The van der Waals surface area contributed by atoms with Crippen molar-refractivity contribution in [1.82, 2.24) is 10.3 Å². The largest absolute Gasteiger partial charge is 0.365 e. The Morgan fingerprint density at radius 2 is 2.32 bits per heavy atom. The molecule has 0 spiro atoms. The van der Waals surface area contributed by atoms with Gasteiger partial charge in [0.05, 0.1) is 18.2 Å². The van der Waals surface area contributed by atoms with E-state index in [0.717, 1.165) is 25.2 Å². The summed E-state index contributed by atoms with van der Waals surface area (Å²) in [5, 5.41) is 3.58. The van der Waals surface area contributed by atoms with Gasteiger partial charge in [0.1, 0.15) is 5.82 Å². The Morgan fingerprint density at radius 3 is 3.00 bits per heavy atom. The molecule has 5 nitrogen and oxygen atoms in total. The second-order valence-electron chi connectivity index (χ2n) is 4.92. The highest BCUT2D eigenvalue weighted by molar-refractivity contribution is 6.30. The maximum atomic E-state index is 12.0. The number of anilines is 1. The third kappa shape index (κ3) is 3.16. The second kappa shape index (κ2) is 5.35. The van der Waals surface area contributed by atoms with E-state index in [9.17, 15) is 4.79 Å². The number of aromatic nitrogens is 1. The Bertz CT molecular complexity index is 461. The fraction of sp³-hybridized carbons (Fsp3) is 0.538. The number of morpholine rings is 1. The maximum absolute atomic E-state index is 12.0. The monoisotopic (exact) mass is 281 g/mol. The van der Waals surface area contributed by atoms with E-state index in [0.29, 0.717) is 24.2 Å². The summed E-state index contributed by atoms with van der Waals surface area (Å²) in [6.07, 6.45) is 3.37. The average molecular weight is 282 g/mol. The van der Waals surface area contributed by atoms with Crippen molar-refractivity contribution in [3.8, 4) is 0 Å². The van der Waals surface area contributed by atoms with E-state index in [2.05, 4.69) is 15.2 Å². The van der Waals surface area contributed by atoms with Gasteiger partial charge in [-0.1, -0.05) is 11.6 Å². The first-order valence-corrected chi connectivity index (χ1v) is 6.88. The van der Waals surface area contributed by atoms with E-state index < -0.39 is 6.10 Å². The Labute approximate surface area is 116 Å². The molecule has 19 heavy (non-hydrogen) atoms. The van der Waals surface area contributed by atoms with Crippen LogP contribution >= 0.6 is 11.6 Å². The van der Waals surface area contributed by atoms with Crippen LogP contribution < -0.4 is 10.2 Å². The summed E-state index contributed by atoms with van der Waals surface area (Å²) >= 11 is 5.82. The molecule has 1 saturated heterocycles. The lowest BCUT2D eigenvalue weighted by atomic mass is 10.2. The van der Waals surface area contributed by atoms with Crippen molar-refractivity contribution in [1.29, 1.82) is 0 Å².